The van der Waals surface area contributed by atoms with Crippen LogP contribution in [0.25, 0.3) is 22.5 Å². The average Bonchev–Trinajstić information content (AvgIpc) is 2.49. The van der Waals surface area contributed by atoms with Gasteiger partial charge in [0.25, 0.3) is 0 Å². The molecule has 0 radical (unpaired) electrons. The molecular formula is C16H12ClN3. The third kappa shape index (κ3) is 2.36. The predicted octanol–water partition coefficient (Wildman–Crippen LogP) is 4.05. The second-order valence-corrected chi connectivity index (χ2v) is 4.76. The summed E-state index contributed by atoms with van der Waals surface area (Å²) in [5.74, 6) is 0. The molecule has 20 heavy (non-hydrogen) atoms. The molecule has 0 aliphatic heterocycles. The number of hydrogen-bond donors (Lipinski definition) is 1. The van der Waals surface area contributed by atoms with E-state index in [0.717, 1.165) is 28.2 Å². The molecule has 3 aromatic rings. The van der Waals surface area contributed by atoms with E-state index in [1.54, 1.807) is 12.4 Å². The standard InChI is InChI=1S/C16H12ClN3/c17-14-4-2-1-3-13(14)16-15(19-9-10-20-16)11-5-7-12(18)8-6-11/h1-10H,18H2. The predicted molar refractivity (Wildman–Crippen MR) is 82.3 cm³/mol. The molecule has 2 aromatic carbocycles. The fraction of sp³-hybridized carbons (Fsp3) is 0. The fourth-order valence-electron chi connectivity index (χ4n) is 2.04. The molecule has 0 saturated carbocycles. The van der Waals surface area contributed by atoms with Gasteiger partial charge in [0.2, 0.25) is 0 Å². The Labute approximate surface area is 122 Å². The molecule has 0 atom stereocenters. The van der Waals surface area contributed by atoms with Gasteiger partial charge < -0.3 is 5.73 Å². The summed E-state index contributed by atoms with van der Waals surface area (Å²) in [6.07, 6.45) is 3.34. The van der Waals surface area contributed by atoms with E-state index in [4.69, 9.17) is 17.3 Å². The van der Waals surface area contributed by atoms with Crippen LogP contribution in [0.2, 0.25) is 5.02 Å². The monoisotopic (exact) mass is 281 g/mol. The Morgan fingerprint density at radius 3 is 2.15 bits per heavy atom. The Bertz CT molecular complexity index is 739. The first-order valence-corrected chi connectivity index (χ1v) is 6.55. The zero-order valence-corrected chi connectivity index (χ0v) is 11.4. The van der Waals surface area contributed by atoms with E-state index in [-0.39, 0.29) is 0 Å². The van der Waals surface area contributed by atoms with Crippen LogP contribution in [-0.4, -0.2) is 9.97 Å². The molecule has 0 spiro atoms. The van der Waals surface area contributed by atoms with Crippen molar-refractivity contribution in [2.24, 2.45) is 0 Å². The van der Waals surface area contributed by atoms with Crippen LogP contribution >= 0.6 is 11.6 Å². The van der Waals surface area contributed by atoms with Crippen molar-refractivity contribution in [2.45, 2.75) is 0 Å². The van der Waals surface area contributed by atoms with Gasteiger partial charge in [-0.1, -0.05) is 41.9 Å². The molecular weight excluding hydrogens is 270 g/mol. The Hall–Kier alpha value is -2.39. The smallest absolute Gasteiger partial charge is 0.0980 e. The third-order valence-corrected chi connectivity index (χ3v) is 3.34. The first-order chi connectivity index (χ1) is 9.75. The quantitative estimate of drug-likeness (QED) is 0.721. The largest absolute Gasteiger partial charge is 0.399 e. The number of hydrogen-bond acceptors (Lipinski definition) is 3. The van der Waals surface area contributed by atoms with Gasteiger partial charge in [0, 0.05) is 29.2 Å². The van der Waals surface area contributed by atoms with Crippen molar-refractivity contribution in [3.63, 3.8) is 0 Å². The number of halogens is 1. The van der Waals surface area contributed by atoms with Crippen molar-refractivity contribution < 1.29 is 0 Å². The molecule has 0 bridgehead atoms. The summed E-state index contributed by atoms with van der Waals surface area (Å²) in [5, 5.41) is 0.657. The Morgan fingerprint density at radius 2 is 1.45 bits per heavy atom. The summed E-state index contributed by atoms with van der Waals surface area (Å²) in [6, 6.07) is 15.2. The summed E-state index contributed by atoms with van der Waals surface area (Å²) in [6.45, 7) is 0. The van der Waals surface area contributed by atoms with E-state index in [1.165, 1.54) is 0 Å². The second kappa shape index (κ2) is 5.31. The van der Waals surface area contributed by atoms with E-state index < -0.39 is 0 Å². The number of rotatable bonds is 2. The second-order valence-electron chi connectivity index (χ2n) is 4.36. The van der Waals surface area contributed by atoms with Gasteiger partial charge in [-0.3, -0.25) is 9.97 Å². The van der Waals surface area contributed by atoms with Crippen LogP contribution in [0, 0.1) is 0 Å². The van der Waals surface area contributed by atoms with Crippen LogP contribution in [0.4, 0.5) is 5.69 Å². The summed E-state index contributed by atoms with van der Waals surface area (Å²) < 4.78 is 0. The highest BCUT2D eigenvalue weighted by atomic mass is 35.5. The molecule has 1 aromatic heterocycles. The highest BCUT2D eigenvalue weighted by molar-refractivity contribution is 6.33. The molecule has 3 rings (SSSR count). The van der Waals surface area contributed by atoms with Gasteiger partial charge in [0.1, 0.15) is 0 Å². The molecule has 0 aliphatic carbocycles. The Balaban J connectivity index is 2.19. The first kappa shape index (κ1) is 12.6. The van der Waals surface area contributed by atoms with Gasteiger partial charge >= 0.3 is 0 Å². The first-order valence-electron chi connectivity index (χ1n) is 6.17. The molecule has 0 unspecified atom stereocenters. The van der Waals surface area contributed by atoms with E-state index in [1.807, 2.05) is 48.5 Å². The summed E-state index contributed by atoms with van der Waals surface area (Å²) in [5.41, 5.74) is 9.83. The summed E-state index contributed by atoms with van der Waals surface area (Å²) >= 11 is 6.26. The Morgan fingerprint density at radius 1 is 0.800 bits per heavy atom. The van der Waals surface area contributed by atoms with Crippen LogP contribution < -0.4 is 5.73 Å². The maximum Gasteiger partial charge on any atom is 0.0980 e. The minimum Gasteiger partial charge on any atom is -0.399 e. The number of nitrogen functional groups attached to an aromatic ring is 1. The normalized spacial score (nSPS) is 10.4. The van der Waals surface area contributed by atoms with Gasteiger partial charge in [-0.25, -0.2) is 0 Å². The van der Waals surface area contributed by atoms with Crippen molar-refractivity contribution in [3.05, 3.63) is 65.9 Å². The van der Waals surface area contributed by atoms with E-state index in [9.17, 15) is 0 Å². The van der Waals surface area contributed by atoms with Gasteiger partial charge in [0.15, 0.2) is 0 Å². The topological polar surface area (TPSA) is 51.8 Å². The molecule has 0 amide bonds. The van der Waals surface area contributed by atoms with Crippen molar-refractivity contribution >= 4 is 17.3 Å². The van der Waals surface area contributed by atoms with E-state index in [2.05, 4.69) is 9.97 Å². The maximum atomic E-state index is 6.26. The number of nitrogens with zero attached hydrogens (tertiary/aromatic N) is 2. The number of anilines is 1. The molecule has 4 heteroatoms. The summed E-state index contributed by atoms with van der Waals surface area (Å²) in [4.78, 5) is 8.86. The van der Waals surface area contributed by atoms with Crippen molar-refractivity contribution in [1.82, 2.24) is 9.97 Å². The molecule has 2 N–H and O–H groups in total. The SMILES string of the molecule is Nc1ccc(-c2nccnc2-c2ccccc2Cl)cc1. The van der Waals surface area contributed by atoms with Gasteiger partial charge in [-0.15, -0.1) is 0 Å². The minimum absolute atomic E-state index is 0.657. The Kier molecular flexibility index (Phi) is 3.35. The van der Waals surface area contributed by atoms with E-state index >= 15 is 0 Å². The minimum atomic E-state index is 0.657. The lowest BCUT2D eigenvalue weighted by atomic mass is 10.0. The van der Waals surface area contributed by atoms with Gasteiger partial charge in [0.05, 0.1) is 16.4 Å². The maximum absolute atomic E-state index is 6.26. The van der Waals surface area contributed by atoms with Crippen LogP contribution in [-0.2, 0) is 0 Å². The lowest BCUT2D eigenvalue weighted by Gasteiger charge is -2.09. The lowest BCUT2D eigenvalue weighted by molar-refractivity contribution is 1.21. The summed E-state index contributed by atoms with van der Waals surface area (Å²) in [7, 11) is 0. The highest BCUT2D eigenvalue weighted by Gasteiger charge is 2.12. The highest BCUT2D eigenvalue weighted by Crippen LogP contribution is 2.32. The number of aromatic nitrogens is 2. The molecule has 3 nitrogen and oxygen atoms in total. The zero-order chi connectivity index (χ0) is 13.9. The molecule has 1 heterocycles. The third-order valence-electron chi connectivity index (χ3n) is 3.01. The van der Waals surface area contributed by atoms with Gasteiger partial charge in [-0.05, 0) is 18.2 Å². The molecule has 0 saturated heterocycles. The molecule has 0 fully saturated rings. The van der Waals surface area contributed by atoms with Gasteiger partial charge in [-0.2, -0.15) is 0 Å². The van der Waals surface area contributed by atoms with Crippen LogP contribution in [0.5, 0.6) is 0 Å². The fourth-order valence-corrected chi connectivity index (χ4v) is 2.27. The number of benzene rings is 2. The average molecular weight is 282 g/mol. The van der Waals surface area contributed by atoms with Crippen molar-refractivity contribution in [1.29, 1.82) is 0 Å². The molecule has 98 valence electrons. The van der Waals surface area contributed by atoms with Crippen LogP contribution in [0.15, 0.2) is 60.9 Å². The van der Waals surface area contributed by atoms with Crippen molar-refractivity contribution in [3.8, 4) is 22.5 Å². The molecule has 0 aliphatic rings. The van der Waals surface area contributed by atoms with Crippen molar-refractivity contribution in [2.75, 3.05) is 5.73 Å². The van der Waals surface area contributed by atoms with Crippen LogP contribution in [0.1, 0.15) is 0 Å². The van der Waals surface area contributed by atoms with Crippen LogP contribution in [0.3, 0.4) is 0 Å². The number of nitrogens with two attached hydrogens (primary N) is 1. The van der Waals surface area contributed by atoms with E-state index in [0.29, 0.717) is 5.02 Å². The zero-order valence-electron chi connectivity index (χ0n) is 10.6. The lowest BCUT2D eigenvalue weighted by Crippen LogP contribution is -1.93.